The highest BCUT2D eigenvalue weighted by Gasteiger charge is 2.19. The van der Waals surface area contributed by atoms with E-state index in [9.17, 15) is 4.79 Å². The molecule has 1 aromatic heterocycles. The molecule has 0 radical (unpaired) electrons. The number of nitrogens with zero attached hydrogens (tertiary/aromatic N) is 1. The predicted octanol–water partition coefficient (Wildman–Crippen LogP) is 5.06. The summed E-state index contributed by atoms with van der Waals surface area (Å²) in [4.78, 5) is 16.7. The van der Waals surface area contributed by atoms with Crippen LogP contribution < -0.4 is 4.74 Å². The summed E-state index contributed by atoms with van der Waals surface area (Å²) in [6.07, 6.45) is 0. The van der Waals surface area contributed by atoms with E-state index in [1.54, 1.807) is 6.92 Å². The minimum atomic E-state index is -0.436. The molecule has 0 atom stereocenters. The Hall–Kier alpha value is -2.40. The van der Waals surface area contributed by atoms with E-state index in [-0.39, 0.29) is 0 Å². The fourth-order valence-corrected chi connectivity index (χ4v) is 2.98. The van der Waals surface area contributed by atoms with Crippen LogP contribution in [0.3, 0.4) is 0 Å². The first-order valence-corrected chi connectivity index (χ1v) is 8.83. The second kappa shape index (κ2) is 7.66. The molecule has 0 aliphatic carbocycles. The Bertz CT molecular complexity index is 910. The molecule has 1 heterocycles. The van der Waals surface area contributed by atoms with Crippen molar-refractivity contribution in [1.82, 2.24) is 4.98 Å². The molecule has 0 aliphatic heterocycles. The number of carbonyl (C=O) groups excluding carboxylic acids is 1. The third kappa shape index (κ3) is 3.82. The molecule has 0 spiro atoms. The second-order valence-electron chi connectivity index (χ2n) is 5.57. The molecule has 0 amide bonds. The van der Waals surface area contributed by atoms with Crippen molar-refractivity contribution in [3.63, 3.8) is 0 Å². The van der Waals surface area contributed by atoms with Crippen LogP contribution in [0.5, 0.6) is 5.75 Å². The van der Waals surface area contributed by atoms with Gasteiger partial charge in [-0.3, -0.25) is 0 Å². The number of rotatable bonds is 5. The standard InChI is InChI=1S/C20H18BrNO3/c1-3-24-20(23)18-13(2)19(25-12-14-7-5-4-6-8-14)16-11-15(21)9-10-17(16)22-18/h4-11H,3,12H2,1-2H3. The quantitative estimate of drug-likeness (QED) is 0.562. The summed E-state index contributed by atoms with van der Waals surface area (Å²) < 4.78 is 12.2. The zero-order chi connectivity index (χ0) is 17.8. The first kappa shape index (κ1) is 17.4. The van der Waals surface area contributed by atoms with Gasteiger partial charge < -0.3 is 9.47 Å². The lowest BCUT2D eigenvalue weighted by atomic mass is 10.1. The molecule has 2 aromatic carbocycles. The maximum absolute atomic E-state index is 12.3. The molecular weight excluding hydrogens is 382 g/mol. The summed E-state index contributed by atoms with van der Waals surface area (Å²) >= 11 is 3.48. The van der Waals surface area contributed by atoms with Gasteiger partial charge in [0.1, 0.15) is 12.4 Å². The zero-order valence-corrected chi connectivity index (χ0v) is 15.7. The van der Waals surface area contributed by atoms with Crippen molar-refractivity contribution < 1.29 is 14.3 Å². The van der Waals surface area contributed by atoms with E-state index in [2.05, 4.69) is 20.9 Å². The van der Waals surface area contributed by atoms with Crippen LogP contribution >= 0.6 is 15.9 Å². The summed E-state index contributed by atoms with van der Waals surface area (Å²) in [6.45, 7) is 4.33. The van der Waals surface area contributed by atoms with Crippen molar-refractivity contribution in [3.05, 3.63) is 69.8 Å². The largest absolute Gasteiger partial charge is 0.488 e. The molecule has 3 aromatic rings. The van der Waals surface area contributed by atoms with E-state index in [1.165, 1.54) is 0 Å². The maximum Gasteiger partial charge on any atom is 0.357 e. The lowest BCUT2D eigenvalue weighted by molar-refractivity contribution is 0.0518. The average molecular weight is 400 g/mol. The Morgan fingerprint density at radius 3 is 2.64 bits per heavy atom. The summed E-state index contributed by atoms with van der Waals surface area (Å²) in [5.41, 5.74) is 2.72. The third-order valence-corrected chi connectivity index (χ3v) is 4.32. The van der Waals surface area contributed by atoms with Crippen LogP contribution in [-0.4, -0.2) is 17.6 Å². The number of benzene rings is 2. The van der Waals surface area contributed by atoms with Crippen LogP contribution in [0.1, 0.15) is 28.5 Å². The Labute approximate surface area is 154 Å². The van der Waals surface area contributed by atoms with Gasteiger partial charge >= 0.3 is 5.97 Å². The van der Waals surface area contributed by atoms with Gasteiger partial charge in [0.15, 0.2) is 5.69 Å². The monoisotopic (exact) mass is 399 g/mol. The van der Waals surface area contributed by atoms with E-state index in [4.69, 9.17) is 9.47 Å². The molecule has 0 saturated carbocycles. The molecule has 25 heavy (non-hydrogen) atoms. The second-order valence-corrected chi connectivity index (χ2v) is 6.49. The van der Waals surface area contributed by atoms with Gasteiger partial charge in [0.2, 0.25) is 0 Å². The predicted molar refractivity (Wildman–Crippen MR) is 101 cm³/mol. The summed E-state index contributed by atoms with van der Waals surface area (Å²) in [6, 6.07) is 15.6. The lowest BCUT2D eigenvalue weighted by Crippen LogP contribution is -2.11. The zero-order valence-electron chi connectivity index (χ0n) is 14.1. The minimum Gasteiger partial charge on any atom is -0.488 e. The fraction of sp³-hybridized carbons (Fsp3) is 0.200. The van der Waals surface area contributed by atoms with Crippen molar-refractivity contribution >= 4 is 32.8 Å². The van der Waals surface area contributed by atoms with Gasteiger partial charge in [-0.1, -0.05) is 46.3 Å². The number of halogens is 1. The Morgan fingerprint density at radius 1 is 1.16 bits per heavy atom. The molecule has 0 bridgehead atoms. The molecule has 0 saturated heterocycles. The van der Waals surface area contributed by atoms with E-state index in [0.29, 0.717) is 35.7 Å². The van der Waals surface area contributed by atoms with Crippen LogP contribution in [0.15, 0.2) is 53.0 Å². The Balaban J connectivity index is 2.07. The van der Waals surface area contributed by atoms with Crippen LogP contribution in [0.4, 0.5) is 0 Å². The van der Waals surface area contributed by atoms with Crippen molar-refractivity contribution in [2.75, 3.05) is 6.61 Å². The van der Waals surface area contributed by atoms with E-state index in [1.807, 2.05) is 55.5 Å². The number of hydrogen-bond acceptors (Lipinski definition) is 4. The van der Waals surface area contributed by atoms with Crippen molar-refractivity contribution in [2.24, 2.45) is 0 Å². The van der Waals surface area contributed by atoms with Gasteiger partial charge in [0.25, 0.3) is 0 Å². The molecule has 128 valence electrons. The van der Waals surface area contributed by atoms with E-state index < -0.39 is 5.97 Å². The van der Waals surface area contributed by atoms with Crippen LogP contribution in [0.25, 0.3) is 10.9 Å². The molecule has 0 N–H and O–H groups in total. The van der Waals surface area contributed by atoms with Crippen LogP contribution in [0, 0.1) is 6.92 Å². The topological polar surface area (TPSA) is 48.4 Å². The smallest absolute Gasteiger partial charge is 0.357 e. The number of pyridine rings is 1. The Morgan fingerprint density at radius 2 is 1.92 bits per heavy atom. The molecule has 3 rings (SSSR count). The van der Waals surface area contributed by atoms with Crippen LogP contribution in [-0.2, 0) is 11.3 Å². The third-order valence-electron chi connectivity index (χ3n) is 3.83. The van der Waals surface area contributed by atoms with Crippen molar-refractivity contribution in [2.45, 2.75) is 20.5 Å². The molecule has 0 unspecified atom stereocenters. The summed E-state index contributed by atoms with van der Waals surface area (Å²) in [5, 5.41) is 0.857. The maximum atomic E-state index is 12.3. The van der Waals surface area contributed by atoms with Gasteiger partial charge in [-0.25, -0.2) is 9.78 Å². The number of carbonyl (C=O) groups is 1. The first-order valence-electron chi connectivity index (χ1n) is 8.04. The number of ether oxygens (including phenoxy) is 2. The molecule has 5 heteroatoms. The van der Waals surface area contributed by atoms with Gasteiger partial charge in [0.05, 0.1) is 12.1 Å². The average Bonchev–Trinajstić information content (AvgIpc) is 2.61. The van der Waals surface area contributed by atoms with E-state index >= 15 is 0 Å². The molecule has 0 fully saturated rings. The van der Waals surface area contributed by atoms with E-state index in [0.717, 1.165) is 15.4 Å². The summed E-state index contributed by atoms with van der Waals surface area (Å²) in [7, 11) is 0. The highest BCUT2D eigenvalue weighted by Crippen LogP contribution is 2.33. The molecule has 0 aliphatic rings. The van der Waals surface area contributed by atoms with Gasteiger partial charge in [-0.15, -0.1) is 0 Å². The summed E-state index contributed by atoms with van der Waals surface area (Å²) in [5.74, 6) is 0.215. The van der Waals surface area contributed by atoms with Gasteiger partial charge in [-0.05, 0) is 37.6 Å². The Kier molecular flexibility index (Phi) is 5.34. The SMILES string of the molecule is CCOC(=O)c1nc2ccc(Br)cc2c(OCc2ccccc2)c1C. The fourth-order valence-electron chi connectivity index (χ4n) is 2.62. The molecular formula is C20H18BrNO3. The highest BCUT2D eigenvalue weighted by molar-refractivity contribution is 9.10. The van der Waals surface area contributed by atoms with Crippen LogP contribution in [0.2, 0.25) is 0 Å². The lowest BCUT2D eigenvalue weighted by Gasteiger charge is -2.15. The first-order chi connectivity index (χ1) is 12.1. The highest BCUT2D eigenvalue weighted by atomic mass is 79.9. The minimum absolute atomic E-state index is 0.291. The number of fused-ring (bicyclic) bond motifs is 1. The van der Waals surface area contributed by atoms with Gasteiger partial charge in [-0.2, -0.15) is 0 Å². The molecule has 4 nitrogen and oxygen atoms in total. The number of aromatic nitrogens is 1. The van der Waals surface area contributed by atoms with Crippen molar-refractivity contribution in [3.8, 4) is 5.75 Å². The van der Waals surface area contributed by atoms with Crippen molar-refractivity contribution in [1.29, 1.82) is 0 Å². The van der Waals surface area contributed by atoms with Gasteiger partial charge in [0, 0.05) is 15.4 Å². The number of esters is 1. The normalized spacial score (nSPS) is 10.7. The number of hydrogen-bond donors (Lipinski definition) is 0.